The summed E-state index contributed by atoms with van der Waals surface area (Å²) in [5, 5.41) is 8.79. The highest BCUT2D eigenvalue weighted by Gasteiger charge is 2.22. The maximum Gasteiger partial charge on any atom is 0.326 e. The first kappa shape index (κ1) is 9.21. The fourth-order valence-corrected chi connectivity index (χ4v) is 1.81. The van der Waals surface area contributed by atoms with E-state index >= 15 is 0 Å². The Kier molecular flexibility index (Phi) is 2.25. The van der Waals surface area contributed by atoms with E-state index in [-0.39, 0.29) is 0 Å². The molecule has 5 nitrogen and oxygen atoms in total. The zero-order valence-electron chi connectivity index (χ0n) is 7.81. The fraction of sp³-hybridized carbons (Fsp3) is 0.556. The fourth-order valence-electron chi connectivity index (χ4n) is 1.81. The first-order valence-electron chi connectivity index (χ1n) is 4.73. The van der Waals surface area contributed by atoms with E-state index in [2.05, 4.69) is 4.98 Å². The molecule has 1 aromatic heterocycles. The van der Waals surface area contributed by atoms with Gasteiger partial charge >= 0.3 is 5.97 Å². The van der Waals surface area contributed by atoms with E-state index in [4.69, 9.17) is 10.8 Å². The van der Waals surface area contributed by atoms with Crippen LogP contribution in [0.4, 0.5) is 0 Å². The summed E-state index contributed by atoms with van der Waals surface area (Å²) in [7, 11) is 0. The van der Waals surface area contributed by atoms with E-state index < -0.39 is 12.0 Å². The van der Waals surface area contributed by atoms with Crippen molar-refractivity contribution in [2.75, 3.05) is 0 Å². The summed E-state index contributed by atoms with van der Waals surface area (Å²) in [6.07, 6.45) is 4.70. The molecule has 0 spiro atoms. The number of hydrogen-bond donors (Lipinski definition) is 2. The first-order valence-corrected chi connectivity index (χ1v) is 4.73. The van der Waals surface area contributed by atoms with Crippen LogP contribution in [-0.4, -0.2) is 20.6 Å². The van der Waals surface area contributed by atoms with Gasteiger partial charge in [-0.25, -0.2) is 4.98 Å². The normalized spacial score (nSPS) is 17.5. The van der Waals surface area contributed by atoms with Crippen LogP contribution >= 0.6 is 0 Å². The van der Waals surface area contributed by atoms with Gasteiger partial charge in [0.15, 0.2) is 0 Å². The van der Waals surface area contributed by atoms with Crippen molar-refractivity contribution in [3.05, 3.63) is 17.7 Å². The van der Waals surface area contributed by atoms with E-state index in [0.29, 0.717) is 5.69 Å². The molecule has 76 valence electrons. The van der Waals surface area contributed by atoms with Crippen LogP contribution in [0.2, 0.25) is 0 Å². The molecule has 0 saturated carbocycles. The van der Waals surface area contributed by atoms with Gasteiger partial charge in [0.25, 0.3) is 0 Å². The molecule has 14 heavy (non-hydrogen) atoms. The van der Waals surface area contributed by atoms with Crippen LogP contribution < -0.4 is 5.73 Å². The van der Waals surface area contributed by atoms with Crippen LogP contribution in [0.5, 0.6) is 0 Å². The van der Waals surface area contributed by atoms with Gasteiger partial charge in [0.2, 0.25) is 0 Å². The second-order valence-electron chi connectivity index (χ2n) is 3.52. The molecular formula is C9H13N3O2. The lowest BCUT2D eigenvalue weighted by atomic mass is 10.1. The molecule has 0 bridgehead atoms. The topological polar surface area (TPSA) is 81.1 Å². The van der Waals surface area contributed by atoms with Crippen molar-refractivity contribution >= 4 is 5.97 Å². The van der Waals surface area contributed by atoms with E-state index in [0.717, 1.165) is 31.6 Å². The minimum Gasteiger partial charge on any atom is -0.480 e. The lowest BCUT2D eigenvalue weighted by molar-refractivity contribution is -0.138. The van der Waals surface area contributed by atoms with Crippen LogP contribution in [0.1, 0.15) is 30.4 Å². The molecule has 1 aromatic rings. The predicted octanol–water partition coefficient (Wildman–Crippen LogP) is 0.304. The van der Waals surface area contributed by atoms with Crippen LogP contribution in [-0.2, 0) is 17.8 Å². The maximum atomic E-state index is 10.7. The van der Waals surface area contributed by atoms with Crippen molar-refractivity contribution in [3.8, 4) is 0 Å². The van der Waals surface area contributed by atoms with E-state index in [9.17, 15) is 4.79 Å². The molecule has 0 saturated heterocycles. The molecule has 2 heterocycles. The molecule has 0 aromatic carbocycles. The molecule has 0 radical (unpaired) electrons. The number of nitrogens with two attached hydrogens (primary N) is 1. The molecule has 0 amide bonds. The third kappa shape index (κ3) is 1.39. The standard InChI is InChI=1S/C9H13N3O2/c10-8(9(13)14)6-5-11-7-3-1-2-4-12(6)7/h5,8H,1-4,10H2,(H,13,14). The van der Waals surface area contributed by atoms with Gasteiger partial charge in [0.05, 0.1) is 11.9 Å². The van der Waals surface area contributed by atoms with Crippen molar-refractivity contribution in [1.29, 1.82) is 0 Å². The Labute approximate surface area is 81.5 Å². The van der Waals surface area contributed by atoms with Crippen LogP contribution in [0, 0.1) is 0 Å². The Hall–Kier alpha value is -1.36. The number of imidazole rings is 1. The highest BCUT2D eigenvalue weighted by Crippen LogP contribution is 2.19. The Morgan fingerprint density at radius 3 is 3.14 bits per heavy atom. The average molecular weight is 195 g/mol. The van der Waals surface area contributed by atoms with E-state index in [1.54, 1.807) is 6.20 Å². The van der Waals surface area contributed by atoms with Gasteiger partial charge in [-0.05, 0) is 12.8 Å². The van der Waals surface area contributed by atoms with E-state index in [1.165, 1.54) is 0 Å². The Morgan fingerprint density at radius 2 is 2.43 bits per heavy atom. The van der Waals surface area contributed by atoms with Crippen molar-refractivity contribution in [2.24, 2.45) is 5.73 Å². The lowest BCUT2D eigenvalue weighted by Crippen LogP contribution is -2.25. The summed E-state index contributed by atoms with van der Waals surface area (Å²) >= 11 is 0. The highest BCUT2D eigenvalue weighted by molar-refractivity contribution is 5.74. The maximum absolute atomic E-state index is 10.7. The highest BCUT2D eigenvalue weighted by atomic mass is 16.4. The van der Waals surface area contributed by atoms with Gasteiger partial charge < -0.3 is 15.4 Å². The second-order valence-corrected chi connectivity index (χ2v) is 3.52. The van der Waals surface area contributed by atoms with Crippen LogP contribution in [0.25, 0.3) is 0 Å². The molecule has 1 unspecified atom stereocenters. The average Bonchev–Trinajstić information content (AvgIpc) is 2.60. The Bertz CT molecular complexity index is 359. The van der Waals surface area contributed by atoms with Crippen LogP contribution in [0.3, 0.4) is 0 Å². The molecule has 2 rings (SSSR count). The summed E-state index contributed by atoms with van der Waals surface area (Å²) in [5.41, 5.74) is 6.16. The summed E-state index contributed by atoms with van der Waals surface area (Å²) in [6, 6.07) is -0.950. The number of fused-ring (bicyclic) bond motifs is 1. The summed E-state index contributed by atoms with van der Waals surface area (Å²) < 4.78 is 1.93. The molecule has 1 atom stereocenters. The van der Waals surface area contributed by atoms with E-state index in [1.807, 2.05) is 4.57 Å². The number of nitrogens with zero attached hydrogens (tertiary/aromatic N) is 2. The number of rotatable bonds is 2. The molecule has 1 aliphatic rings. The number of carboxylic acid groups (broad SMARTS) is 1. The molecule has 1 aliphatic heterocycles. The number of aliphatic carboxylic acids is 1. The minimum absolute atomic E-state index is 0.618. The zero-order chi connectivity index (χ0) is 10.1. The molecular weight excluding hydrogens is 182 g/mol. The van der Waals surface area contributed by atoms with Gasteiger partial charge in [-0.1, -0.05) is 0 Å². The predicted molar refractivity (Wildman–Crippen MR) is 49.7 cm³/mol. The summed E-state index contributed by atoms with van der Waals surface area (Å²) in [6.45, 7) is 0.839. The minimum atomic E-state index is -1.00. The lowest BCUT2D eigenvalue weighted by Gasteiger charge is -2.17. The molecule has 5 heteroatoms. The van der Waals surface area contributed by atoms with Crippen molar-refractivity contribution < 1.29 is 9.90 Å². The first-order chi connectivity index (χ1) is 6.70. The molecule has 0 aliphatic carbocycles. The number of carboxylic acids is 1. The smallest absolute Gasteiger partial charge is 0.326 e. The quantitative estimate of drug-likeness (QED) is 0.711. The number of carbonyl (C=O) groups is 1. The van der Waals surface area contributed by atoms with Crippen LogP contribution in [0.15, 0.2) is 6.20 Å². The van der Waals surface area contributed by atoms with Gasteiger partial charge in [-0.2, -0.15) is 0 Å². The summed E-state index contributed by atoms with van der Waals surface area (Å²) in [4.78, 5) is 14.9. The zero-order valence-corrected chi connectivity index (χ0v) is 7.81. The van der Waals surface area contributed by atoms with Gasteiger partial charge in [0.1, 0.15) is 11.9 Å². The third-order valence-electron chi connectivity index (χ3n) is 2.59. The monoisotopic (exact) mass is 195 g/mol. The molecule has 3 N–H and O–H groups in total. The number of hydrogen-bond acceptors (Lipinski definition) is 3. The van der Waals surface area contributed by atoms with Crippen molar-refractivity contribution in [2.45, 2.75) is 31.8 Å². The van der Waals surface area contributed by atoms with Crippen molar-refractivity contribution in [3.63, 3.8) is 0 Å². The van der Waals surface area contributed by atoms with Crippen molar-refractivity contribution in [1.82, 2.24) is 9.55 Å². The largest absolute Gasteiger partial charge is 0.480 e. The Balaban J connectivity index is 2.34. The SMILES string of the molecule is NC(C(=O)O)c1cnc2n1CCCC2. The summed E-state index contributed by atoms with van der Waals surface area (Å²) in [5.74, 6) is -0.0405. The molecule has 0 fully saturated rings. The Morgan fingerprint density at radius 1 is 1.64 bits per heavy atom. The van der Waals surface area contributed by atoms with Gasteiger partial charge in [-0.15, -0.1) is 0 Å². The van der Waals surface area contributed by atoms with Gasteiger partial charge in [0, 0.05) is 13.0 Å². The number of aryl methyl sites for hydroxylation is 1. The van der Waals surface area contributed by atoms with Gasteiger partial charge in [-0.3, -0.25) is 4.79 Å². The second kappa shape index (κ2) is 3.42. The third-order valence-corrected chi connectivity index (χ3v) is 2.59. The number of aromatic nitrogens is 2.